The lowest BCUT2D eigenvalue weighted by Crippen LogP contribution is -2.11. The van der Waals surface area contributed by atoms with Gasteiger partial charge < -0.3 is 5.73 Å². The minimum absolute atomic E-state index is 0.427. The molecule has 0 spiro atoms. The maximum Gasteiger partial charge on any atom is 0.248 e. The fourth-order valence-corrected chi connectivity index (χ4v) is 2.08. The van der Waals surface area contributed by atoms with Gasteiger partial charge >= 0.3 is 0 Å². The van der Waals surface area contributed by atoms with Gasteiger partial charge in [-0.2, -0.15) is 0 Å². The highest BCUT2D eigenvalue weighted by Gasteiger charge is 2.16. The molecule has 0 bridgehead atoms. The Morgan fingerprint density at radius 1 is 1.22 bits per heavy atom. The summed E-state index contributed by atoms with van der Waals surface area (Å²) in [6, 6.07) is 5.41. The number of nitrogens with zero attached hydrogens (tertiary/aromatic N) is 1. The molecule has 1 aromatic carbocycles. The maximum atomic E-state index is 11.2. The summed E-state index contributed by atoms with van der Waals surface area (Å²) in [6.07, 6.45) is 3.54. The van der Waals surface area contributed by atoms with Gasteiger partial charge in [-0.1, -0.05) is 6.07 Å². The molecule has 3 rings (SSSR count). The number of fused-ring (bicyclic) bond motifs is 1. The first-order valence-corrected chi connectivity index (χ1v) is 5.57. The highest BCUT2D eigenvalue weighted by molar-refractivity contribution is 5.95. The first-order valence-electron chi connectivity index (χ1n) is 5.57. The fraction of sp³-hybridized carbons (Fsp3) is 0.0769. The standard InChI is InChI=1S/C13H12N4O/c1-7-2-3-8(13(14)18)4-9(7)12-10-5-15-6-11(10)16-17-12/h2-6,16-17H,1H3,(H2,14,18). The Labute approximate surface area is 103 Å². The minimum Gasteiger partial charge on any atom is -0.366 e. The van der Waals surface area contributed by atoms with Crippen molar-refractivity contribution in [3.8, 4) is 22.5 Å². The Kier molecular flexibility index (Phi) is 2.19. The number of aryl methyl sites for hydroxylation is 1. The third kappa shape index (κ3) is 1.48. The number of hydrogen-bond acceptors (Lipinski definition) is 2. The Morgan fingerprint density at radius 2 is 2.06 bits per heavy atom. The van der Waals surface area contributed by atoms with E-state index in [1.54, 1.807) is 24.5 Å². The van der Waals surface area contributed by atoms with E-state index in [9.17, 15) is 4.79 Å². The quantitative estimate of drug-likeness (QED) is 0.639. The van der Waals surface area contributed by atoms with Crippen LogP contribution in [0.1, 0.15) is 15.9 Å². The summed E-state index contributed by atoms with van der Waals surface area (Å²) in [4.78, 5) is 15.3. The molecule has 2 aliphatic heterocycles. The molecule has 0 atom stereocenters. The molecule has 0 aliphatic carbocycles. The normalized spacial score (nSPS) is 10.9. The number of benzene rings is 1. The molecule has 18 heavy (non-hydrogen) atoms. The molecule has 1 amide bonds. The van der Waals surface area contributed by atoms with Crippen molar-refractivity contribution < 1.29 is 4.79 Å². The predicted octanol–water partition coefficient (Wildman–Crippen LogP) is 1.92. The van der Waals surface area contributed by atoms with E-state index in [-0.39, 0.29) is 0 Å². The second kappa shape index (κ2) is 3.73. The lowest BCUT2D eigenvalue weighted by molar-refractivity contribution is 0.100. The summed E-state index contributed by atoms with van der Waals surface area (Å²) in [5.41, 5.74) is 10.7. The minimum atomic E-state index is -0.427. The highest BCUT2D eigenvalue weighted by Crippen LogP contribution is 2.33. The van der Waals surface area contributed by atoms with Crippen molar-refractivity contribution in [3.05, 3.63) is 41.7 Å². The third-order valence-corrected chi connectivity index (χ3v) is 3.08. The lowest BCUT2D eigenvalue weighted by atomic mass is 9.99. The fourth-order valence-electron chi connectivity index (χ4n) is 2.08. The Morgan fingerprint density at radius 3 is 2.83 bits per heavy atom. The Bertz CT molecular complexity index is 695. The highest BCUT2D eigenvalue weighted by atomic mass is 16.1. The van der Waals surface area contributed by atoms with Crippen molar-refractivity contribution in [2.24, 2.45) is 5.73 Å². The molecule has 0 saturated heterocycles. The van der Waals surface area contributed by atoms with Gasteiger partial charge in [0.25, 0.3) is 0 Å². The van der Waals surface area contributed by atoms with E-state index in [0.29, 0.717) is 5.56 Å². The molecule has 5 heteroatoms. The smallest absolute Gasteiger partial charge is 0.248 e. The van der Waals surface area contributed by atoms with Crippen LogP contribution < -0.4 is 5.73 Å². The largest absolute Gasteiger partial charge is 0.366 e. The van der Waals surface area contributed by atoms with E-state index in [4.69, 9.17) is 5.73 Å². The van der Waals surface area contributed by atoms with E-state index in [1.165, 1.54) is 0 Å². The van der Waals surface area contributed by atoms with E-state index >= 15 is 0 Å². The number of primary amides is 1. The number of hydrogen-bond donors (Lipinski definition) is 3. The van der Waals surface area contributed by atoms with E-state index in [1.807, 2.05) is 13.0 Å². The van der Waals surface area contributed by atoms with Crippen LogP contribution >= 0.6 is 0 Å². The number of rotatable bonds is 2. The summed E-state index contributed by atoms with van der Waals surface area (Å²) in [6.45, 7) is 1.99. The lowest BCUT2D eigenvalue weighted by Gasteiger charge is -2.06. The zero-order valence-corrected chi connectivity index (χ0v) is 9.82. The molecular formula is C13H12N4O. The number of aromatic nitrogens is 3. The first-order chi connectivity index (χ1) is 8.66. The van der Waals surface area contributed by atoms with Gasteiger partial charge in [0.2, 0.25) is 5.91 Å². The van der Waals surface area contributed by atoms with E-state index in [2.05, 4.69) is 15.2 Å². The molecule has 1 aromatic rings. The number of carbonyl (C=O) groups excluding carboxylic acids is 1. The van der Waals surface area contributed by atoms with Crippen molar-refractivity contribution in [1.29, 1.82) is 0 Å². The summed E-state index contributed by atoms with van der Waals surface area (Å²) in [5.74, 6) is -0.427. The zero-order valence-electron chi connectivity index (χ0n) is 9.82. The third-order valence-electron chi connectivity index (χ3n) is 3.08. The van der Waals surface area contributed by atoms with Crippen molar-refractivity contribution in [1.82, 2.24) is 15.2 Å². The molecule has 0 saturated carbocycles. The van der Waals surface area contributed by atoms with Gasteiger partial charge in [-0.3, -0.25) is 20.0 Å². The van der Waals surface area contributed by atoms with Gasteiger partial charge in [-0.05, 0) is 24.6 Å². The van der Waals surface area contributed by atoms with Crippen molar-refractivity contribution in [2.75, 3.05) is 0 Å². The van der Waals surface area contributed by atoms with Gasteiger partial charge in [0, 0.05) is 22.9 Å². The summed E-state index contributed by atoms with van der Waals surface area (Å²) < 4.78 is 0. The number of H-pyrrole nitrogens is 2. The van der Waals surface area contributed by atoms with E-state index in [0.717, 1.165) is 28.1 Å². The number of aromatic amines is 2. The van der Waals surface area contributed by atoms with E-state index < -0.39 is 5.91 Å². The van der Waals surface area contributed by atoms with Crippen molar-refractivity contribution in [2.45, 2.75) is 6.92 Å². The first kappa shape index (κ1) is 10.6. The molecule has 5 nitrogen and oxygen atoms in total. The molecule has 0 fully saturated rings. The zero-order chi connectivity index (χ0) is 12.7. The van der Waals surface area contributed by atoms with Crippen LogP contribution in [-0.4, -0.2) is 21.1 Å². The number of carbonyl (C=O) groups is 1. The van der Waals surface area contributed by atoms with Gasteiger partial charge in [0.15, 0.2) is 0 Å². The van der Waals surface area contributed by atoms with Crippen LogP contribution in [0.3, 0.4) is 0 Å². The van der Waals surface area contributed by atoms with Gasteiger partial charge in [0.05, 0.1) is 17.6 Å². The van der Waals surface area contributed by atoms with Crippen LogP contribution in [0.2, 0.25) is 0 Å². The maximum absolute atomic E-state index is 11.2. The van der Waals surface area contributed by atoms with Crippen molar-refractivity contribution in [3.63, 3.8) is 0 Å². The summed E-state index contributed by atoms with van der Waals surface area (Å²) in [5, 5.41) is 6.14. The molecule has 0 unspecified atom stereocenters. The summed E-state index contributed by atoms with van der Waals surface area (Å²) >= 11 is 0. The van der Waals surface area contributed by atoms with Crippen LogP contribution in [0.25, 0.3) is 22.5 Å². The van der Waals surface area contributed by atoms with Crippen LogP contribution in [0.15, 0.2) is 30.6 Å². The number of nitrogens with one attached hydrogen (secondary N) is 2. The Hall–Kier alpha value is -2.56. The molecule has 0 radical (unpaired) electrons. The molecule has 90 valence electrons. The second-order valence-electron chi connectivity index (χ2n) is 4.25. The van der Waals surface area contributed by atoms with Gasteiger partial charge in [-0.15, -0.1) is 0 Å². The van der Waals surface area contributed by atoms with Crippen LogP contribution in [0.4, 0.5) is 0 Å². The second-order valence-corrected chi connectivity index (χ2v) is 4.25. The molecular weight excluding hydrogens is 228 g/mol. The topological polar surface area (TPSA) is 87.6 Å². The number of nitrogens with two attached hydrogens (primary N) is 1. The van der Waals surface area contributed by atoms with Crippen LogP contribution in [0, 0.1) is 6.92 Å². The van der Waals surface area contributed by atoms with Gasteiger partial charge in [-0.25, -0.2) is 0 Å². The van der Waals surface area contributed by atoms with Gasteiger partial charge in [0.1, 0.15) is 0 Å². The number of amides is 1. The molecule has 4 N–H and O–H groups in total. The van der Waals surface area contributed by atoms with Crippen LogP contribution in [0.5, 0.6) is 0 Å². The van der Waals surface area contributed by atoms with Crippen molar-refractivity contribution >= 4 is 5.91 Å². The molecule has 0 aromatic heterocycles. The average Bonchev–Trinajstić information content (AvgIpc) is 2.91. The van der Waals surface area contributed by atoms with Crippen LogP contribution in [-0.2, 0) is 0 Å². The average molecular weight is 240 g/mol. The SMILES string of the molecule is Cc1ccc(C(N)=O)cc1-c1[nH][nH]c2cncc1-2. The monoisotopic (exact) mass is 240 g/mol. The Balaban J connectivity index is 2.20. The molecule has 2 aliphatic rings. The predicted molar refractivity (Wildman–Crippen MR) is 68.3 cm³/mol. The summed E-state index contributed by atoms with van der Waals surface area (Å²) in [7, 11) is 0. The molecule has 2 heterocycles.